The number of aryl methyl sites for hydroxylation is 2. The van der Waals surface area contributed by atoms with Crippen LogP contribution in [0.5, 0.6) is 0 Å². The van der Waals surface area contributed by atoms with Gasteiger partial charge in [0.25, 0.3) is 0 Å². The average Bonchev–Trinajstić information content (AvgIpc) is 3.58. The predicted molar refractivity (Wildman–Crippen MR) is 259 cm³/mol. The zero-order valence-corrected chi connectivity index (χ0v) is 34.4. The van der Waals surface area contributed by atoms with Crippen molar-refractivity contribution in [1.82, 2.24) is 0 Å². The van der Waals surface area contributed by atoms with E-state index in [2.05, 4.69) is 194 Å². The number of hydrogen-bond acceptors (Lipinski definition) is 2. The molecule has 298 valence electrons. The van der Waals surface area contributed by atoms with E-state index < -0.39 is 0 Å². The van der Waals surface area contributed by atoms with Crippen molar-refractivity contribution in [2.24, 2.45) is 23.7 Å². The van der Waals surface area contributed by atoms with Crippen LogP contribution >= 0.6 is 0 Å². The fraction of sp³-hybridized carbons (Fsp3) is 0.220. The van der Waals surface area contributed by atoms with E-state index in [1.165, 1.54) is 115 Å². The number of benzene rings is 9. The van der Waals surface area contributed by atoms with E-state index in [0.29, 0.717) is 0 Å². The van der Waals surface area contributed by atoms with Crippen LogP contribution in [0.4, 0.5) is 34.1 Å². The van der Waals surface area contributed by atoms with Crippen molar-refractivity contribution in [2.75, 3.05) is 9.80 Å². The summed E-state index contributed by atoms with van der Waals surface area (Å²) in [4.78, 5) is 5.09. The minimum absolute atomic E-state index is 0. The van der Waals surface area contributed by atoms with Crippen LogP contribution in [0.3, 0.4) is 0 Å². The van der Waals surface area contributed by atoms with Crippen LogP contribution in [-0.4, -0.2) is 0 Å². The predicted octanol–water partition coefficient (Wildman–Crippen LogP) is 16.5. The molecule has 14 rings (SSSR count). The molecule has 4 saturated carbocycles. The van der Waals surface area contributed by atoms with Crippen molar-refractivity contribution in [3.05, 3.63) is 192 Å². The van der Waals surface area contributed by atoms with Crippen LogP contribution in [0.15, 0.2) is 170 Å². The van der Waals surface area contributed by atoms with E-state index in [-0.39, 0.29) is 12.8 Å². The van der Waals surface area contributed by atoms with E-state index in [9.17, 15) is 0 Å². The molecule has 4 bridgehead atoms. The first-order valence-corrected chi connectivity index (χ1v) is 22.3. The standard InChI is InChI=1S/C58H48N2.CH4/c1-36-13-6-10-20-50(36)59(44-15-4-3-5-16-44)52-29-25-40-24-28-47-53(30-26-41-23-27-46(52)55(40)56(41)47)60(51-21-11-7-14-37(51)2)54-22-12-19-49-57(54)45-17-8-9-18-48(45)58(49)42-32-38-31-39(34-42)35-43(58)33-38;/h3-30,38-39,42-43H,31-35H2,1-2H3;1H4. The molecule has 2 heteroatoms. The highest BCUT2D eigenvalue weighted by molar-refractivity contribution is 6.28. The molecular formula is C59H52N2. The molecule has 9 aromatic carbocycles. The Kier molecular flexibility index (Phi) is 8.11. The number of anilines is 6. The minimum atomic E-state index is 0. The molecule has 0 aliphatic heterocycles. The van der Waals surface area contributed by atoms with Gasteiger partial charge in [0, 0.05) is 38.8 Å². The van der Waals surface area contributed by atoms with Gasteiger partial charge in [0.2, 0.25) is 0 Å². The molecule has 0 saturated heterocycles. The summed E-state index contributed by atoms with van der Waals surface area (Å²) in [6.45, 7) is 4.50. The molecule has 0 amide bonds. The van der Waals surface area contributed by atoms with Gasteiger partial charge in [0.05, 0.1) is 17.1 Å². The highest BCUT2D eigenvalue weighted by Gasteiger charge is 2.61. The van der Waals surface area contributed by atoms with E-state index >= 15 is 0 Å². The molecular weight excluding hydrogens is 737 g/mol. The maximum atomic E-state index is 2.64. The Morgan fingerprint density at radius 3 is 1.52 bits per heavy atom. The SMILES string of the molecule is C.Cc1ccccc1N(c1ccccc1)c1ccc2ccc3c(N(c4ccccc4C)c4cccc5c4-c4ccccc4C54C5CC6CC(C5)CC4C6)ccc4ccc1c2c43. The fourth-order valence-electron chi connectivity index (χ4n) is 13.5. The van der Waals surface area contributed by atoms with Crippen molar-refractivity contribution in [1.29, 1.82) is 0 Å². The molecule has 0 aromatic heterocycles. The second-order valence-electron chi connectivity index (χ2n) is 18.6. The molecule has 2 nitrogen and oxygen atoms in total. The van der Waals surface area contributed by atoms with Crippen LogP contribution < -0.4 is 9.80 Å². The number of fused-ring (bicyclic) bond motifs is 3. The van der Waals surface area contributed by atoms with Crippen molar-refractivity contribution >= 4 is 66.4 Å². The Balaban J connectivity index is 0.00000399. The third-order valence-corrected chi connectivity index (χ3v) is 15.6. The Hall–Kier alpha value is -6.38. The van der Waals surface area contributed by atoms with E-state index in [0.717, 1.165) is 29.4 Å². The van der Waals surface area contributed by atoms with Crippen LogP contribution in [0.2, 0.25) is 0 Å². The van der Waals surface area contributed by atoms with E-state index in [1.54, 1.807) is 11.1 Å². The summed E-state index contributed by atoms with van der Waals surface area (Å²) in [7, 11) is 0. The molecule has 5 aliphatic carbocycles. The van der Waals surface area contributed by atoms with Gasteiger partial charge in [0.1, 0.15) is 0 Å². The number of para-hydroxylation sites is 3. The third-order valence-electron chi connectivity index (χ3n) is 15.6. The molecule has 0 atom stereocenters. The molecule has 5 aliphatic rings. The lowest BCUT2D eigenvalue weighted by Gasteiger charge is -2.61. The lowest BCUT2D eigenvalue weighted by atomic mass is 9.43. The molecule has 0 radical (unpaired) electrons. The Morgan fingerprint density at radius 1 is 0.410 bits per heavy atom. The molecule has 0 heterocycles. The van der Waals surface area contributed by atoms with Gasteiger partial charge in [-0.2, -0.15) is 0 Å². The summed E-state index contributed by atoms with van der Waals surface area (Å²) >= 11 is 0. The zero-order chi connectivity index (χ0) is 39.7. The maximum Gasteiger partial charge on any atom is 0.0543 e. The summed E-state index contributed by atoms with van der Waals surface area (Å²) in [6, 6.07) is 64.5. The van der Waals surface area contributed by atoms with Crippen molar-refractivity contribution < 1.29 is 0 Å². The van der Waals surface area contributed by atoms with Crippen molar-refractivity contribution in [2.45, 2.75) is 58.8 Å². The van der Waals surface area contributed by atoms with Gasteiger partial charge in [-0.15, -0.1) is 0 Å². The van der Waals surface area contributed by atoms with Gasteiger partial charge in [-0.1, -0.05) is 135 Å². The summed E-state index contributed by atoms with van der Waals surface area (Å²) < 4.78 is 0. The molecule has 0 unspecified atom stereocenters. The molecule has 1 spiro atoms. The van der Waals surface area contributed by atoms with Gasteiger partial charge in [0.15, 0.2) is 0 Å². The highest BCUT2D eigenvalue weighted by Crippen LogP contribution is 2.70. The largest absolute Gasteiger partial charge is 0.310 e. The monoisotopic (exact) mass is 788 g/mol. The normalized spacial score (nSPS) is 21.9. The topological polar surface area (TPSA) is 6.48 Å². The highest BCUT2D eigenvalue weighted by atomic mass is 15.2. The molecule has 0 N–H and O–H groups in total. The van der Waals surface area contributed by atoms with Crippen molar-refractivity contribution in [3.63, 3.8) is 0 Å². The summed E-state index contributed by atoms with van der Waals surface area (Å²) in [5.74, 6) is 3.26. The Morgan fingerprint density at radius 2 is 0.902 bits per heavy atom. The Bertz CT molecular complexity index is 3130. The fourth-order valence-corrected chi connectivity index (χ4v) is 13.5. The van der Waals surface area contributed by atoms with E-state index in [1.807, 2.05) is 0 Å². The Labute approximate surface area is 360 Å². The van der Waals surface area contributed by atoms with Gasteiger partial charge in [-0.25, -0.2) is 0 Å². The van der Waals surface area contributed by atoms with Crippen LogP contribution in [-0.2, 0) is 5.41 Å². The first-order chi connectivity index (χ1) is 29.6. The minimum Gasteiger partial charge on any atom is -0.310 e. The number of hydrogen-bond donors (Lipinski definition) is 0. The summed E-state index contributed by atoms with van der Waals surface area (Å²) in [5, 5.41) is 7.72. The number of nitrogens with zero attached hydrogens (tertiary/aromatic N) is 2. The lowest BCUT2D eigenvalue weighted by molar-refractivity contribution is -0.0399. The first kappa shape index (κ1) is 36.5. The number of rotatable bonds is 6. The first-order valence-electron chi connectivity index (χ1n) is 22.3. The molecule has 9 aromatic rings. The van der Waals surface area contributed by atoms with Crippen molar-refractivity contribution in [3.8, 4) is 11.1 Å². The second kappa shape index (κ2) is 13.6. The summed E-state index contributed by atoms with van der Waals surface area (Å²) in [6.07, 6.45) is 7.00. The van der Waals surface area contributed by atoms with Gasteiger partial charge in [-0.05, 0) is 161 Å². The zero-order valence-electron chi connectivity index (χ0n) is 34.4. The van der Waals surface area contributed by atoms with E-state index in [4.69, 9.17) is 0 Å². The van der Waals surface area contributed by atoms with Gasteiger partial charge < -0.3 is 9.80 Å². The summed E-state index contributed by atoms with van der Waals surface area (Å²) in [5.41, 5.74) is 16.0. The molecule has 4 fully saturated rings. The van der Waals surface area contributed by atoms with Gasteiger partial charge >= 0.3 is 0 Å². The van der Waals surface area contributed by atoms with Crippen LogP contribution in [0.25, 0.3) is 43.4 Å². The smallest absolute Gasteiger partial charge is 0.0543 e. The van der Waals surface area contributed by atoms with Gasteiger partial charge in [-0.3, -0.25) is 0 Å². The third kappa shape index (κ3) is 5.03. The van der Waals surface area contributed by atoms with Crippen LogP contribution in [0, 0.1) is 37.5 Å². The molecule has 61 heavy (non-hydrogen) atoms. The maximum absolute atomic E-state index is 2.64. The average molecular weight is 789 g/mol. The second-order valence-corrected chi connectivity index (χ2v) is 18.6. The lowest BCUT2D eigenvalue weighted by Crippen LogP contribution is -2.55. The quantitative estimate of drug-likeness (QED) is 0.155. The van der Waals surface area contributed by atoms with Crippen LogP contribution in [0.1, 0.15) is 61.8 Å².